The highest BCUT2D eigenvalue weighted by Gasteiger charge is 2.51. The van der Waals surface area contributed by atoms with Crippen molar-refractivity contribution in [3.63, 3.8) is 0 Å². The third kappa shape index (κ3) is 7.09. The van der Waals surface area contributed by atoms with Crippen LogP contribution in [0.2, 0.25) is 0 Å². The highest BCUT2D eigenvalue weighted by Crippen LogP contribution is 2.35. The van der Waals surface area contributed by atoms with E-state index in [4.69, 9.17) is 9.47 Å². The second kappa shape index (κ2) is 9.51. The van der Waals surface area contributed by atoms with Gasteiger partial charge in [-0.05, 0) is 71.1 Å². The predicted molar refractivity (Wildman–Crippen MR) is 125 cm³/mol. The lowest BCUT2D eigenvalue weighted by Crippen LogP contribution is -2.49. The number of esters is 2. The standard InChI is InChI=1S/C27H34O4/c1-8-20-14-16-22(17-15-20)19-27(23(28)30-25(2,3)4,24(29)31-26(5,6)7)18-21-12-10-9-11-13-21/h8-17H,1,18-19H2,2-7H3. The molecule has 2 aromatic carbocycles. The Balaban J connectivity index is 2.60. The molecule has 0 fully saturated rings. The fourth-order valence-electron chi connectivity index (χ4n) is 3.25. The molecule has 0 aliphatic rings. The van der Waals surface area contributed by atoms with Gasteiger partial charge in [0.2, 0.25) is 0 Å². The Labute approximate surface area is 186 Å². The molecule has 0 atom stereocenters. The van der Waals surface area contributed by atoms with E-state index in [0.717, 1.165) is 16.7 Å². The SMILES string of the molecule is C=Cc1ccc(CC(Cc2ccccc2)(C(=O)OC(C)(C)C)C(=O)OC(C)(C)C)cc1. The van der Waals surface area contributed by atoms with Gasteiger partial charge in [0.25, 0.3) is 0 Å². The first kappa shape index (κ1) is 24.4. The maximum atomic E-state index is 13.6. The molecule has 0 bridgehead atoms. The number of hydrogen-bond donors (Lipinski definition) is 0. The number of ether oxygens (including phenoxy) is 2. The van der Waals surface area contributed by atoms with E-state index < -0.39 is 28.6 Å². The van der Waals surface area contributed by atoms with E-state index in [1.54, 1.807) is 47.6 Å². The predicted octanol–water partition coefficient (Wildman–Crippen LogP) is 5.78. The van der Waals surface area contributed by atoms with Gasteiger partial charge in [0, 0.05) is 0 Å². The maximum absolute atomic E-state index is 13.6. The molecular formula is C27H34O4. The van der Waals surface area contributed by atoms with Crippen LogP contribution >= 0.6 is 0 Å². The Morgan fingerprint density at radius 2 is 1.16 bits per heavy atom. The van der Waals surface area contributed by atoms with E-state index in [0.29, 0.717) is 0 Å². The van der Waals surface area contributed by atoms with Gasteiger partial charge in [-0.15, -0.1) is 0 Å². The topological polar surface area (TPSA) is 52.6 Å². The van der Waals surface area contributed by atoms with Gasteiger partial charge in [0.15, 0.2) is 5.41 Å². The Bertz CT molecular complexity index is 869. The first-order valence-corrected chi connectivity index (χ1v) is 10.6. The van der Waals surface area contributed by atoms with Crippen LogP contribution < -0.4 is 0 Å². The first-order valence-electron chi connectivity index (χ1n) is 10.6. The Kier molecular flexibility index (Phi) is 7.48. The molecule has 0 N–H and O–H groups in total. The zero-order valence-corrected chi connectivity index (χ0v) is 19.5. The van der Waals surface area contributed by atoms with Crippen molar-refractivity contribution in [2.24, 2.45) is 5.41 Å². The number of rotatable bonds is 7. The summed E-state index contributed by atoms with van der Waals surface area (Å²) in [5.41, 5.74) is -0.328. The van der Waals surface area contributed by atoms with Crippen molar-refractivity contribution in [1.29, 1.82) is 0 Å². The summed E-state index contributed by atoms with van der Waals surface area (Å²) >= 11 is 0. The van der Waals surface area contributed by atoms with Crippen molar-refractivity contribution in [1.82, 2.24) is 0 Å². The largest absolute Gasteiger partial charge is 0.459 e. The summed E-state index contributed by atoms with van der Waals surface area (Å²) < 4.78 is 11.5. The molecule has 0 saturated carbocycles. The van der Waals surface area contributed by atoms with Crippen LogP contribution in [-0.2, 0) is 31.9 Å². The summed E-state index contributed by atoms with van der Waals surface area (Å²) in [6.07, 6.45) is 2.10. The van der Waals surface area contributed by atoms with Crippen LogP contribution in [0, 0.1) is 5.41 Å². The third-order valence-corrected chi connectivity index (χ3v) is 4.65. The fraction of sp³-hybridized carbons (Fsp3) is 0.407. The lowest BCUT2D eigenvalue weighted by molar-refractivity contribution is -0.185. The minimum atomic E-state index is -1.52. The number of benzene rings is 2. The molecule has 0 heterocycles. The molecule has 2 aromatic rings. The fourth-order valence-corrected chi connectivity index (χ4v) is 3.25. The summed E-state index contributed by atoms with van der Waals surface area (Å²) in [7, 11) is 0. The smallest absolute Gasteiger partial charge is 0.324 e. The second-order valence-corrected chi connectivity index (χ2v) is 9.87. The second-order valence-electron chi connectivity index (χ2n) is 9.87. The molecule has 0 aliphatic heterocycles. The van der Waals surface area contributed by atoms with E-state index in [9.17, 15) is 9.59 Å². The van der Waals surface area contributed by atoms with Gasteiger partial charge in [-0.1, -0.05) is 67.3 Å². The van der Waals surface area contributed by atoms with E-state index in [1.165, 1.54) is 0 Å². The normalized spacial score (nSPS) is 12.2. The van der Waals surface area contributed by atoms with Crippen molar-refractivity contribution in [2.75, 3.05) is 0 Å². The van der Waals surface area contributed by atoms with Crippen molar-refractivity contribution in [3.8, 4) is 0 Å². The van der Waals surface area contributed by atoms with E-state index in [-0.39, 0.29) is 12.8 Å². The van der Waals surface area contributed by atoms with Gasteiger partial charge in [-0.25, -0.2) is 0 Å². The molecule has 0 unspecified atom stereocenters. The van der Waals surface area contributed by atoms with Gasteiger partial charge < -0.3 is 9.47 Å². The Hall–Kier alpha value is -2.88. The average Bonchev–Trinajstić information content (AvgIpc) is 2.66. The van der Waals surface area contributed by atoms with Crippen LogP contribution in [0.4, 0.5) is 0 Å². The quantitative estimate of drug-likeness (QED) is 0.419. The van der Waals surface area contributed by atoms with Gasteiger partial charge in [0.1, 0.15) is 11.2 Å². The molecule has 0 aliphatic carbocycles. The summed E-state index contributed by atoms with van der Waals surface area (Å²) in [4.78, 5) is 27.2. The van der Waals surface area contributed by atoms with Crippen LogP contribution in [-0.4, -0.2) is 23.1 Å². The molecular weight excluding hydrogens is 388 g/mol. The minimum absolute atomic E-state index is 0.170. The Morgan fingerprint density at radius 1 is 0.742 bits per heavy atom. The molecule has 166 valence electrons. The lowest BCUT2D eigenvalue weighted by atomic mass is 9.76. The van der Waals surface area contributed by atoms with Crippen LogP contribution in [0.25, 0.3) is 6.08 Å². The van der Waals surface area contributed by atoms with Crippen LogP contribution in [0.5, 0.6) is 0 Å². The van der Waals surface area contributed by atoms with Crippen molar-refractivity contribution in [2.45, 2.75) is 65.6 Å². The molecule has 0 spiro atoms. The lowest BCUT2D eigenvalue weighted by Gasteiger charge is -2.35. The number of carbonyl (C=O) groups is 2. The molecule has 0 saturated heterocycles. The van der Waals surface area contributed by atoms with Crippen LogP contribution in [0.1, 0.15) is 58.2 Å². The van der Waals surface area contributed by atoms with Gasteiger partial charge in [-0.3, -0.25) is 9.59 Å². The molecule has 2 rings (SSSR count). The van der Waals surface area contributed by atoms with Crippen molar-refractivity contribution >= 4 is 18.0 Å². The first-order chi connectivity index (χ1) is 14.3. The van der Waals surface area contributed by atoms with Gasteiger partial charge in [-0.2, -0.15) is 0 Å². The number of hydrogen-bond acceptors (Lipinski definition) is 4. The minimum Gasteiger partial charge on any atom is -0.459 e. The molecule has 4 heteroatoms. The van der Waals surface area contributed by atoms with Crippen molar-refractivity contribution < 1.29 is 19.1 Å². The van der Waals surface area contributed by atoms with Crippen LogP contribution in [0.3, 0.4) is 0 Å². The van der Waals surface area contributed by atoms with E-state index >= 15 is 0 Å². The van der Waals surface area contributed by atoms with Gasteiger partial charge >= 0.3 is 11.9 Å². The highest BCUT2D eigenvalue weighted by atomic mass is 16.6. The van der Waals surface area contributed by atoms with Crippen molar-refractivity contribution in [3.05, 3.63) is 77.9 Å². The number of carbonyl (C=O) groups excluding carboxylic acids is 2. The summed E-state index contributed by atoms with van der Waals surface area (Å²) in [6, 6.07) is 17.2. The molecule has 31 heavy (non-hydrogen) atoms. The average molecular weight is 423 g/mol. The molecule has 0 amide bonds. The maximum Gasteiger partial charge on any atom is 0.324 e. The summed E-state index contributed by atoms with van der Waals surface area (Å²) in [5.74, 6) is -1.16. The summed E-state index contributed by atoms with van der Waals surface area (Å²) in [6.45, 7) is 14.6. The third-order valence-electron chi connectivity index (χ3n) is 4.65. The zero-order chi connectivity index (χ0) is 23.3. The van der Waals surface area contributed by atoms with E-state index in [2.05, 4.69) is 6.58 Å². The van der Waals surface area contributed by atoms with Gasteiger partial charge in [0.05, 0.1) is 0 Å². The molecule has 4 nitrogen and oxygen atoms in total. The van der Waals surface area contributed by atoms with Crippen LogP contribution in [0.15, 0.2) is 61.2 Å². The highest BCUT2D eigenvalue weighted by molar-refractivity contribution is 6.01. The zero-order valence-electron chi connectivity index (χ0n) is 19.5. The monoisotopic (exact) mass is 422 g/mol. The molecule has 0 radical (unpaired) electrons. The molecule has 0 aromatic heterocycles. The summed E-state index contributed by atoms with van der Waals surface area (Å²) in [5, 5.41) is 0. The van der Waals surface area contributed by atoms with E-state index in [1.807, 2.05) is 54.6 Å². The Morgan fingerprint density at radius 3 is 1.55 bits per heavy atom.